The first kappa shape index (κ1) is 27.0. The lowest BCUT2D eigenvalue weighted by atomic mass is 10.0. The van der Waals surface area contributed by atoms with E-state index in [0.29, 0.717) is 54.0 Å². The fraction of sp³-hybridized carbons (Fsp3) is 0.276. The number of halogens is 1. The van der Waals surface area contributed by atoms with Gasteiger partial charge in [-0.3, -0.25) is 0 Å². The second-order valence-electron chi connectivity index (χ2n) is 7.95. The number of hydrogen-bond acceptors (Lipinski definition) is 6. The number of aryl methyl sites for hydroxylation is 2. The van der Waals surface area contributed by atoms with Gasteiger partial charge in [-0.15, -0.1) is 0 Å². The van der Waals surface area contributed by atoms with Gasteiger partial charge in [0.25, 0.3) is 0 Å². The molecule has 0 atom stereocenters. The monoisotopic (exact) mass is 551 g/mol. The van der Waals surface area contributed by atoms with Crippen LogP contribution < -0.4 is 23.7 Å². The second kappa shape index (κ2) is 12.9. The van der Waals surface area contributed by atoms with E-state index in [0.717, 1.165) is 15.8 Å². The molecule has 0 radical (unpaired) electrons. The molecule has 0 spiro atoms. The summed E-state index contributed by atoms with van der Waals surface area (Å²) in [5.74, 6) is 3.13. The van der Waals surface area contributed by atoms with Gasteiger partial charge in [-0.25, -0.2) is 0 Å². The summed E-state index contributed by atoms with van der Waals surface area (Å²) in [4.78, 5) is 0. The predicted molar refractivity (Wildman–Crippen MR) is 145 cm³/mol. The van der Waals surface area contributed by atoms with E-state index < -0.39 is 0 Å². The third-order valence-corrected chi connectivity index (χ3v) is 6.12. The maximum Gasteiger partial charge on any atom is 0.175 e. The normalized spacial score (nSPS) is 11.0. The van der Waals surface area contributed by atoms with Crippen molar-refractivity contribution in [1.82, 2.24) is 0 Å². The van der Waals surface area contributed by atoms with E-state index in [1.54, 1.807) is 32.4 Å². The molecule has 0 aliphatic heterocycles. The van der Waals surface area contributed by atoms with Gasteiger partial charge in [0, 0.05) is 0 Å². The molecule has 0 heterocycles. The minimum absolute atomic E-state index is 0.343. The van der Waals surface area contributed by atoms with E-state index in [4.69, 9.17) is 23.7 Å². The van der Waals surface area contributed by atoms with Gasteiger partial charge < -0.3 is 23.7 Å². The van der Waals surface area contributed by atoms with Crippen LogP contribution in [0.25, 0.3) is 11.6 Å². The molecule has 7 heteroatoms. The fourth-order valence-corrected chi connectivity index (χ4v) is 4.11. The smallest absolute Gasteiger partial charge is 0.175 e. The molecule has 6 nitrogen and oxygen atoms in total. The van der Waals surface area contributed by atoms with Crippen LogP contribution in [0.3, 0.4) is 0 Å². The summed E-state index contributed by atoms with van der Waals surface area (Å²) in [5.41, 5.74) is 4.39. The zero-order valence-electron chi connectivity index (χ0n) is 21.2. The Morgan fingerprint density at radius 2 is 1.61 bits per heavy atom. The Hall–Kier alpha value is -3.63. The SMILES string of the molecule is CCOc1cc(/C=C(\C#N)c2ccc(OC)c(OC)c2)cc(Br)c1OCCOc1ccc(C)c(C)c1. The first-order chi connectivity index (χ1) is 17.4. The van der Waals surface area contributed by atoms with Crippen molar-refractivity contribution in [3.05, 3.63) is 75.3 Å². The van der Waals surface area contributed by atoms with Crippen LogP contribution in [0.4, 0.5) is 0 Å². The molecule has 0 aliphatic carbocycles. The number of rotatable bonds is 11. The van der Waals surface area contributed by atoms with Crippen molar-refractivity contribution < 1.29 is 23.7 Å². The third-order valence-electron chi connectivity index (χ3n) is 5.53. The van der Waals surface area contributed by atoms with Crippen LogP contribution in [0.2, 0.25) is 0 Å². The molecule has 3 aromatic carbocycles. The van der Waals surface area contributed by atoms with Gasteiger partial charge in [-0.2, -0.15) is 5.26 Å². The molecule has 36 heavy (non-hydrogen) atoms. The molecule has 0 amide bonds. The number of benzene rings is 3. The molecule has 0 bridgehead atoms. The highest BCUT2D eigenvalue weighted by Crippen LogP contribution is 2.38. The molecule has 3 rings (SSSR count). The average Bonchev–Trinajstić information content (AvgIpc) is 2.88. The van der Waals surface area contributed by atoms with Crippen LogP contribution >= 0.6 is 15.9 Å². The van der Waals surface area contributed by atoms with Crippen molar-refractivity contribution in [1.29, 1.82) is 5.26 Å². The van der Waals surface area contributed by atoms with Crippen molar-refractivity contribution in [3.63, 3.8) is 0 Å². The number of nitrogens with zero attached hydrogens (tertiary/aromatic N) is 1. The van der Waals surface area contributed by atoms with Gasteiger partial charge in [0.15, 0.2) is 23.0 Å². The lowest BCUT2D eigenvalue weighted by Gasteiger charge is -2.15. The summed E-state index contributed by atoms with van der Waals surface area (Å²) in [5, 5.41) is 9.83. The van der Waals surface area contributed by atoms with Crippen molar-refractivity contribution in [3.8, 4) is 34.8 Å². The molecule has 0 unspecified atom stereocenters. The van der Waals surface area contributed by atoms with Crippen molar-refractivity contribution >= 4 is 27.6 Å². The maximum absolute atomic E-state index is 9.83. The third kappa shape index (κ3) is 6.73. The van der Waals surface area contributed by atoms with Gasteiger partial charge in [-0.1, -0.05) is 6.07 Å². The van der Waals surface area contributed by atoms with Crippen LogP contribution in [0.1, 0.15) is 29.2 Å². The molecule has 3 aromatic rings. The first-order valence-electron chi connectivity index (χ1n) is 11.5. The Labute approximate surface area is 221 Å². The van der Waals surface area contributed by atoms with Crippen LogP contribution in [0, 0.1) is 25.2 Å². The maximum atomic E-state index is 9.83. The lowest BCUT2D eigenvalue weighted by molar-refractivity contribution is 0.207. The zero-order chi connectivity index (χ0) is 26.1. The number of hydrogen-bond donors (Lipinski definition) is 0. The fourth-order valence-electron chi connectivity index (χ4n) is 3.53. The van der Waals surface area contributed by atoms with Crippen LogP contribution in [-0.4, -0.2) is 34.0 Å². The number of ether oxygens (including phenoxy) is 5. The topological polar surface area (TPSA) is 69.9 Å². The van der Waals surface area contributed by atoms with Crippen LogP contribution in [0.5, 0.6) is 28.7 Å². The first-order valence-corrected chi connectivity index (χ1v) is 12.3. The highest BCUT2D eigenvalue weighted by molar-refractivity contribution is 9.10. The van der Waals surface area contributed by atoms with Crippen LogP contribution in [-0.2, 0) is 0 Å². The van der Waals surface area contributed by atoms with E-state index in [2.05, 4.69) is 35.8 Å². The minimum Gasteiger partial charge on any atom is -0.493 e. The quantitative estimate of drug-likeness (QED) is 0.145. The molecule has 188 valence electrons. The Morgan fingerprint density at radius 1 is 0.861 bits per heavy atom. The summed E-state index contributed by atoms with van der Waals surface area (Å²) >= 11 is 3.60. The van der Waals surface area contributed by atoms with E-state index in [9.17, 15) is 5.26 Å². The Balaban J connectivity index is 1.79. The lowest BCUT2D eigenvalue weighted by Crippen LogP contribution is -2.10. The Bertz CT molecular complexity index is 1280. The average molecular weight is 552 g/mol. The van der Waals surface area contributed by atoms with Gasteiger partial charge in [0.05, 0.1) is 36.9 Å². The van der Waals surface area contributed by atoms with Crippen LogP contribution in [0.15, 0.2) is 53.0 Å². The Morgan fingerprint density at radius 3 is 2.28 bits per heavy atom. The van der Waals surface area contributed by atoms with Crippen molar-refractivity contribution in [2.45, 2.75) is 20.8 Å². The highest BCUT2D eigenvalue weighted by Gasteiger charge is 2.14. The predicted octanol–water partition coefficient (Wildman–Crippen LogP) is 7.00. The molecule has 0 saturated heterocycles. The molecular formula is C29H30BrNO5. The molecule has 0 fully saturated rings. The summed E-state index contributed by atoms with van der Waals surface area (Å²) in [6, 6.07) is 17.4. The molecule has 0 saturated carbocycles. The standard InChI is InChI=1S/C29H30BrNO5/c1-6-34-28-16-21(14-23(18-31)22-8-10-26(32-4)27(17-22)33-5)15-25(30)29(28)36-12-11-35-24-9-7-19(2)20(3)13-24/h7-10,13-17H,6,11-12H2,1-5H3/b23-14+. The molecular weight excluding hydrogens is 522 g/mol. The van der Waals surface area contributed by atoms with Gasteiger partial charge >= 0.3 is 0 Å². The van der Waals surface area contributed by atoms with Crippen molar-refractivity contribution in [2.24, 2.45) is 0 Å². The summed E-state index contributed by atoms with van der Waals surface area (Å²) in [6.45, 7) is 7.24. The van der Waals surface area contributed by atoms with Gasteiger partial charge in [0.2, 0.25) is 0 Å². The summed E-state index contributed by atoms with van der Waals surface area (Å²) in [6.07, 6.45) is 1.79. The van der Waals surface area contributed by atoms with E-state index in [1.165, 1.54) is 11.1 Å². The molecule has 0 aliphatic rings. The van der Waals surface area contributed by atoms with E-state index in [1.807, 2.05) is 43.3 Å². The van der Waals surface area contributed by atoms with Gasteiger partial charge in [0.1, 0.15) is 19.0 Å². The largest absolute Gasteiger partial charge is 0.493 e. The highest BCUT2D eigenvalue weighted by atomic mass is 79.9. The summed E-state index contributed by atoms with van der Waals surface area (Å²) < 4.78 is 29.1. The second-order valence-corrected chi connectivity index (χ2v) is 8.80. The Kier molecular flexibility index (Phi) is 9.66. The molecule has 0 aromatic heterocycles. The number of allylic oxidation sites excluding steroid dienone is 1. The zero-order valence-corrected chi connectivity index (χ0v) is 22.8. The van der Waals surface area contributed by atoms with E-state index >= 15 is 0 Å². The molecule has 0 N–H and O–H groups in total. The minimum atomic E-state index is 0.343. The number of methoxy groups -OCH3 is 2. The summed E-state index contributed by atoms with van der Waals surface area (Å²) in [7, 11) is 3.14. The van der Waals surface area contributed by atoms with E-state index in [-0.39, 0.29) is 0 Å². The van der Waals surface area contributed by atoms with Crippen molar-refractivity contribution in [2.75, 3.05) is 34.0 Å². The number of nitriles is 1. The van der Waals surface area contributed by atoms with Gasteiger partial charge in [-0.05, 0) is 107 Å².